The Kier molecular flexibility index (Phi) is 4.68. The number of nitrogens with one attached hydrogen (secondary N) is 1. The largest absolute Gasteiger partial charge is 0.381 e. The molecule has 2 saturated heterocycles. The quantitative estimate of drug-likeness (QED) is 0.833. The molecule has 0 aromatic heterocycles. The van der Waals surface area contributed by atoms with Crippen molar-refractivity contribution in [1.29, 1.82) is 0 Å². The maximum absolute atomic E-state index is 5.57. The van der Waals surface area contributed by atoms with Crippen LogP contribution in [0.2, 0.25) is 0 Å². The topological polar surface area (TPSA) is 24.5 Å². The van der Waals surface area contributed by atoms with Gasteiger partial charge in [0.15, 0.2) is 0 Å². The van der Waals surface area contributed by atoms with Crippen LogP contribution in [0.15, 0.2) is 0 Å². The monoisotopic (exact) mass is 254 g/mol. The zero-order chi connectivity index (χ0) is 13.2. The molecule has 0 aromatic rings. The molecule has 3 nitrogen and oxygen atoms in total. The maximum atomic E-state index is 5.57. The van der Waals surface area contributed by atoms with Gasteiger partial charge in [0, 0.05) is 37.3 Å². The standard InChI is InChI=1S/C15H30N2O/c1-5-15(6-2)11-17(12(3)9-16-15)13(4)14-7-8-18-10-14/h12-14,16H,5-11H2,1-4H3. The van der Waals surface area contributed by atoms with Gasteiger partial charge in [0.25, 0.3) is 0 Å². The van der Waals surface area contributed by atoms with Gasteiger partial charge in [-0.25, -0.2) is 0 Å². The fourth-order valence-electron chi connectivity index (χ4n) is 3.52. The Labute approximate surface area is 112 Å². The van der Waals surface area contributed by atoms with Gasteiger partial charge in [0.05, 0.1) is 6.61 Å². The average Bonchev–Trinajstić information content (AvgIpc) is 2.93. The van der Waals surface area contributed by atoms with Crippen molar-refractivity contribution >= 4 is 0 Å². The summed E-state index contributed by atoms with van der Waals surface area (Å²) in [5, 5.41) is 3.78. The minimum absolute atomic E-state index is 0.334. The van der Waals surface area contributed by atoms with Crippen molar-refractivity contribution in [2.75, 3.05) is 26.3 Å². The second-order valence-corrected chi connectivity index (χ2v) is 6.25. The summed E-state index contributed by atoms with van der Waals surface area (Å²) in [6, 6.07) is 1.30. The third-order valence-corrected chi connectivity index (χ3v) is 5.35. The molecule has 2 aliphatic rings. The molecule has 0 aromatic carbocycles. The van der Waals surface area contributed by atoms with Gasteiger partial charge < -0.3 is 10.1 Å². The minimum atomic E-state index is 0.334. The van der Waals surface area contributed by atoms with Gasteiger partial charge in [-0.05, 0) is 39.0 Å². The van der Waals surface area contributed by atoms with Crippen molar-refractivity contribution in [2.24, 2.45) is 5.92 Å². The van der Waals surface area contributed by atoms with Crippen LogP contribution in [0.1, 0.15) is 47.0 Å². The number of piperazine rings is 1. The Balaban J connectivity index is 2.04. The summed E-state index contributed by atoms with van der Waals surface area (Å²) >= 11 is 0. The summed E-state index contributed by atoms with van der Waals surface area (Å²) in [6.45, 7) is 13.6. The van der Waals surface area contributed by atoms with Crippen LogP contribution in [-0.2, 0) is 4.74 Å². The predicted octanol–water partition coefficient (Wildman–Crippen LogP) is 2.26. The van der Waals surface area contributed by atoms with E-state index in [4.69, 9.17) is 4.74 Å². The molecule has 18 heavy (non-hydrogen) atoms. The Morgan fingerprint density at radius 2 is 2.11 bits per heavy atom. The van der Waals surface area contributed by atoms with Crippen molar-refractivity contribution in [3.63, 3.8) is 0 Å². The van der Waals surface area contributed by atoms with Crippen LogP contribution in [-0.4, -0.2) is 48.8 Å². The van der Waals surface area contributed by atoms with Crippen molar-refractivity contribution in [3.8, 4) is 0 Å². The molecule has 0 bridgehead atoms. The van der Waals surface area contributed by atoms with Crippen LogP contribution >= 0.6 is 0 Å². The average molecular weight is 254 g/mol. The lowest BCUT2D eigenvalue weighted by atomic mass is 9.86. The van der Waals surface area contributed by atoms with Gasteiger partial charge in [-0.2, -0.15) is 0 Å². The summed E-state index contributed by atoms with van der Waals surface area (Å²) in [6.07, 6.45) is 3.68. The minimum Gasteiger partial charge on any atom is -0.381 e. The number of rotatable bonds is 4. The molecule has 1 N–H and O–H groups in total. The van der Waals surface area contributed by atoms with E-state index in [0.717, 1.165) is 25.7 Å². The van der Waals surface area contributed by atoms with E-state index in [2.05, 4.69) is 37.9 Å². The van der Waals surface area contributed by atoms with Crippen LogP contribution in [0.3, 0.4) is 0 Å². The van der Waals surface area contributed by atoms with Gasteiger partial charge in [0.1, 0.15) is 0 Å². The molecule has 3 unspecified atom stereocenters. The zero-order valence-electron chi connectivity index (χ0n) is 12.5. The van der Waals surface area contributed by atoms with Crippen LogP contribution < -0.4 is 5.32 Å². The van der Waals surface area contributed by atoms with Crippen molar-refractivity contribution in [1.82, 2.24) is 10.2 Å². The molecule has 0 saturated carbocycles. The second-order valence-electron chi connectivity index (χ2n) is 6.25. The molecule has 2 rings (SSSR count). The number of hydrogen-bond acceptors (Lipinski definition) is 3. The molecule has 106 valence electrons. The highest BCUT2D eigenvalue weighted by Crippen LogP contribution is 2.28. The molecular weight excluding hydrogens is 224 g/mol. The van der Waals surface area contributed by atoms with E-state index in [1.807, 2.05) is 0 Å². The Morgan fingerprint density at radius 3 is 2.67 bits per heavy atom. The Hall–Kier alpha value is -0.120. The highest BCUT2D eigenvalue weighted by Gasteiger charge is 2.39. The lowest BCUT2D eigenvalue weighted by Gasteiger charge is -2.50. The molecule has 0 aliphatic carbocycles. The summed E-state index contributed by atoms with van der Waals surface area (Å²) in [7, 11) is 0. The summed E-state index contributed by atoms with van der Waals surface area (Å²) in [5.41, 5.74) is 0.334. The fourth-order valence-corrected chi connectivity index (χ4v) is 3.52. The van der Waals surface area contributed by atoms with Crippen LogP contribution in [0.25, 0.3) is 0 Å². The van der Waals surface area contributed by atoms with E-state index in [1.165, 1.54) is 25.8 Å². The van der Waals surface area contributed by atoms with E-state index < -0.39 is 0 Å². The maximum Gasteiger partial charge on any atom is 0.0509 e. The lowest BCUT2D eigenvalue weighted by Crippen LogP contribution is -2.65. The molecule has 2 fully saturated rings. The molecule has 0 radical (unpaired) electrons. The first kappa shape index (κ1) is 14.3. The van der Waals surface area contributed by atoms with Gasteiger partial charge in [-0.15, -0.1) is 0 Å². The Bertz CT molecular complexity index is 259. The summed E-state index contributed by atoms with van der Waals surface area (Å²) < 4.78 is 5.57. The van der Waals surface area contributed by atoms with Crippen LogP contribution in [0.4, 0.5) is 0 Å². The first-order valence-electron chi connectivity index (χ1n) is 7.70. The highest BCUT2D eigenvalue weighted by atomic mass is 16.5. The molecule has 3 heteroatoms. The fraction of sp³-hybridized carbons (Fsp3) is 1.00. The van der Waals surface area contributed by atoms with Crippen LogP contribution in [0, 0.1) is 5.92 Å². The Morgan fingerprint density at radius 1 is 1.39 bits per heavy atom. The van der Waals surface area contributed by atoms with Gasteiger partial charge in [-0.1, -0.05) is 13.8 Å². The van der Waals surface area contributed by atoms with E-state index in [1.54, 1.807) is 0 Å². The highest BCUT2D eigenvalue weighted by molar-refractivity contribution is 4.98. The molecule has 0 spiro atoms. The van der Waals surface area contributed by atoms with E-state index >= 15 is 0 Å². The molecule has 2 heterocycles. The first-order chi connectivity index (χ1) is 8.62. The third kappa shape index (κ3) is 2.73. The SMILES string of the molecule is CCC1(CC)CN(C(C)C2CCOC2)C(C)CN1. The molecular formula is C15H30N2O. The molecule has 3 atom stereocenters. The van der Waals surface area contributed by atoms with Crippen LogP contribution in [0.5, 0.6) is 0 Å². The summed E-state index contributed by atoms with van der Waals surface area (Å²) in [5.74, 6) is 0.733. The number of hydrogen-bond donors (Lipinski definition) is 1. The van der Waals surface area contributed by atoms with Crippen molar-refractivity contribution in [2.45, 2.75) is 64.6 Å². The van der Waals surface area contributed by atoms with Crippen molar-refractivity contribution < 1.29 is 4.74 Å². The zero-order valence-corrected chi connectivity index (χ0v) is 12.5. The lowest BCUT2D eigenvalue weighted by molar-refractivity contribution is 0.0257. The summed E-state index contributed by atoms with van der Waals surface area (Å²) in [4.78, 5) is 2.73. The van der Waals surface area contributed by atoms with Crippen molar-refractivity contribution in [3.05, 3.63) is 0 Å². The van der Waals surface area contributed by atoms with Gasteiger partial charge in [-0.3, -0.25) is 4.90 Å². The van der Waals surface area contributed by atoms with E-state index in [-0.39, 0.29) is 0 Å². The third-order valence-electron chi connectivity index (χ3n) is 5.35. The van der Waals surface area contributed by atoms with Gasteiger partial charge >= 0.3 is 0 Å². The molecule has 2 aliphatic heterocycles. The van der Waals surface area contributed by atoms with E-state index in [9.17, 15) is 0 Å². The second kappa shape index (κ2) is 5.89. The predicted molar refractivity (Wildman–Crippen MR) is 75.9 cm³/mol. The number of ether oxygens (including phenoxy) is 1. The smallest absolute Gasteiger partial charge is 0.0509 e. The normalized spacial score (nSPS) is 34.7. The molecule has 0 amide bonds. The number of nitrogens with zero attached hydrogens (tertiary/aromatic N) is 1. The first-order valence-corrected chi connectivity index (χ1v) is 7.70. The van der Waals surface area contributed by atoms with E-state index in [0.29, 0.717) is 17.6 Å². The van der Waals surface area contributed by atoms with Gasteiger partial charge in [0.2, 0.25) is 0 Å².